The van der Waals surface area contributed by atoms with Gasteiger partial charge in [-0.05, 0) is 12.1 Å². The first kappa shape index (κ1) is 12.0. The molecule has 0 aliphatic rings. The van der Waals surface area contributed by atoms with Crippen LogP contribution in [0.25, 0.3) is 0 Å². The van der Waals surface area contributed by atoms with Crippen LogP contribution in [0.5, 0.6) is 0 Å². The van der Waals surface area contributed by atoms with Crippen molar-refractivity contribution in [3.8, 4) is 6.07 Å². The predicted octanol–water partition coefficient (Wildman–Crippen LogP) is 1.22. The zero-order chi connectivity index (χ0) is 12.0. The van der Waals surface area contributed by atoms with Crippen molar-refractivity contribution in [2.45, 2.75) is 6.42 Å². The number of carbonyl (C=O) groups is 1. The van der Waals surface area contributed by atoms with Crippen molar-refractivity contribution in [3.05, 3.63) is 23.9 Å². The van der Waals surface area contributed by atoms with Crippen molar-refractivity contribution < 1.29 is 9.53 Å². The van der Waals surface area contributed by atoms with Crippen LogP contribution in [0.3, 0.4) is 0 Å². The van der Waals surface area contributed by atoms with Gasteiger partial charge >= 0.3 is 5.97 Å². The van der Waals surface area contributed by atoms with Crippen molar-refractivity contribution in [1.29, 1.82) is 5.26 Å². The van der Waals surface area contributed by atoms with Crippen molar-refractivity contribution in [1.82, 2.24) is 4.98 Å². The Kier molecular flexibility index (Phi) is 4.28. The number of aromatic nitrogens is 1. The molecule has 1 aromatic heterocycles. The van der Waals surface area contributed by atoms with E-state index in [2.05, 4.69) is 9.72 Å². The molecule has 84 valence electrons. The van der Waals surface area contributed by atoms with Crippen molar-refractivity contribution in [3.63, 3.8) is 0 Å². The summed E-state index contributed by atoms with van der Waals surface area (Å²) in [6.45, 7) is 0.525. The van der Waals surface area contributed by atoms with Crippen molar-refractivity contribution in [2.75, 3.05) is 25.6 Å². The predicted molar refractivity (Wildman–Crippen MR) is 59.1 cm³/mol. The molecule has 0 aliphatic carbocycles. The van der Waals surface area contributed by atoms with Crippen LogP contribution in [0, 0.1) is 11.3 Å². The summed E-state index contributed by atoms with van der Waals surface area (Å²) in [4.78, 5) is 17.3. The van der Waals surface area contributed by atoms with Gasteiger partial charge in [0.05, 0.1) is 19.6 Å². The molecule has 16 heavy (non-hydrogen) atoms. The zero-order valence-electron chi connectivity index (χ0n) is 9.30. The van der Waals surface area contributed by atoms with Gasteiger partial charge in [-0.15, -0.1) is 0 Å². The van der Waals surface area contributed by atoms with Crippen LogP contribution in [0.1, 0.15) is 16.8 Å². The first-order valence-corrected chi connectivity index (χ1v) is 4.82. The molecular formula is C11H13N3O2. The lowest BCUT2D eigenvalue weighted by molar-refractivity contribution is 0.0601. The van der Waals surface area contributed by atoms with Gasteiger partial charge in [0, 0.05) is 19.8 Å². The van der Waals surface area contributed by atoms with Crippen LogP contribution in [0.4, 0.5) is 5.82 Å². The van der Waals surface area contributed by atoms with E-state index in [1.165, 1.54) is 7.11 Å². The monoisotopic (exact) mass is 219 g/mol. The minimum Gasteiger partial charge on any atom is -0.465 e. The van der Waals surface area contributed by atoms with Crippen LogP contribution < -0.4 is 4.90 Å². The number of rotatable bonds is 4. The van der Waals surface area contributed by atoms with E-state index in [1.807, 2.05) is 6.07 Å². The van der Waals surface area contributed by atoms with Gasteiger partial charge in [0.2, 0.25) is 0 Å². The molecule has 0 amide bonds. The lowest BCUT2D eigenvalue weighted by atomic mass is 10.2. The number of nitriles is 1. The van der Waals surface area contributed by atoms with Crippen LogP contribution >= 0.6 is 0 Å². The topological polar surface area (TPSA) is 66.2 Å². The molecule has 0 radical (unpaired) electrons. The van der Waals surface area contributed by atoms with Gasteiger partial charge in [0.15, 0.2) is 0 Å². The van der Waals surface area contributed by atoms with Crippen LogP contribution in [0.15, 0.2) is 18.3 Å². The Bertz CT molecular complexity index is 412. The van der Waals surface area contributed by atoms with E-state index in [0.717, 1.165) is 0 Å². The first-order chi connectivity index (χ1) is 7.70. The molecule has 1 rings (SSSR count). The Morgan fingerprint density at radius 2 is 2.44 bits per heavy atom. The lowest BCUT2D eigenvalue weighted by Crippen LogP contribution is -2.22. The Morgan fingerprint density at radius 1 is 1.69 bits per heavy atom. The summed E-state index contributed by atoms with van der Waals surface area (Å²) in [7, 11) is 3.11. The fraction of sp³-hybridized carbons (Fsp3) is 0.364. The average molecular weight is 219 g/mol. The highest BCUT2D eigenvalue weighted by Gasteiger charge is 2.15. The Balaban J connectivity index is 2.94. The van der Waals surface area contributed by atoms with E-state index in [-0.39, 0.29) is 0 Å². The largest absolute Gasteiger partial charge is 0.465 e. The molecule has 0 bridgehead atoms. The summed E-state index contributed by atoms with van der Waals surface area (Å²) in [6.07, 6.45) is 1.98. The van der Waals surface area contributed by atoms with Gasteiger partial charge in [-0.25, -0.2) is 9.78 Å². The number of hydrogen-bond acceptors (Lipinski definition) is 5. The molecule has 0 saturated carbocycles. The Hall–Kier alpha value is -2.09. The quantitative estimate of drug-likeness (QED) is 0.712. The summed E-state index contributed by atoms with van der Waals surface area (Å²) in [5.74, 6) is 0.108. The molecule has 0 saturated heterocycles. The van der Waals surface area contributed by atoms with Crippen LogP contribution in [-0.2, 0) is 4.74 Å². The fourth-order valence-corrected chi connectivity index (χ4v) is 1.29. The molecule has 0 aromatic carbocycles. The molecule has 0 atom stereocenters. The minimum atomic E-state index is -0.424. The van der Waals surface area contributed by atoms with Gasteiger partial charge in [-0.2, -0.15) is 5.26 Å². The standard InChI is InChI=1S/C11H13N3O2/c1-14(8-4-6-12)10-9(11(15)16-2)5-3-7-13-10/h3,5,7H,4,8H2,1-2H3. The number of pyridine rings is 1. The highest BCUT2D eigenvalue weighted by Crippen LogP contribution is 2.16. The lowest BCUT2D eigenvalue weighted by Gasteiger charge is -2.18. The number of carbonyl (C=O) groups excluding carboxylic acids is 1. The maximum atomic E-state index is 11.5. The van der Waals surface area contributed by atoms with Crippen LogP contribution in [0.2, 0.25) is 0 Å². The normalized spacial score (nSPS) is 9.31. The van der Waals surface area contributed by atoms with Gasteiger partial charge < -0.3 is 9.64 Å². The van der Waals surface area contributed by atoms with E-state index in [9.17, 15) is 4.79 Å². The highest BCUT2D eigenvalue weighted by atomic mass is 16.5. The van der Waals surface area contributed by atoms with E-state index >= 15 is 0 Å². The van der Waals surface area contributed by atoms with Gasteiger partial charge in [-0.3, -0.25) is 0 Å². The second-order valence-electron chi connectivity index (χ2n) is 3.20. The number of esters is 1. The summed E-state index contributed by atoms with van der Waals surface area (Å²) in [6, 6.07) is 5.37. The minimum absolute atomic E-state index is 0.383. The van der Waals surface area contributed by atoms with Gasteiger partial charge in [-0.1, -0.05) is 0 Å². The molecule has 0 spiro atoms. The zero-order valence-corrected chi connectivity index (χ0v) is 9.30. The molecule has 5 heteroatoms. The fourth-order valence-electron chi connectivity index (χ4n) is 1.29. The Labute approximate surface area is 94.3 Å². The molecule has 0 N–H and O–H groups in total. The Morgan fingerprint density at radius 3 is 3.06 bits per heavy atom. The second-order valence-corrected chi connectivity index (χ2v) is 3.20. The maximum Gasteiger partial charge on any atom is 0.341 e. The summed E-state index contributed by atoms with van der Waals surface area (Å²) in [5.41, 5.74) is 0.408. The number of methoxy groups -OCH3 is 1. The van der Waals surface area contributed by atoms with E-state index in [4.69, 9.17) is 5.26 Å². The average Bonchev–Trinajstić information content (AvgIpc) is 2.35. The van der Waals surface area contributed by atoms with Gasteiger partial charge in [0.1, 0.15) is 11.4 Å². The SMILES string of the molecule is COC(=O)c1cccnc1N(C)CCC#N. The van der Waals surface area contributed by atoms with Crippen molar-refractivity contribution >= 4 is 11.8 Å². The molecule has 5 nitrogen and oxygen atoms in total. The highest BCUT2D eigenvalue weighted by molar-refractivity contribution is 5.94. The number of nitrogens with zero attached hydrogens (tertiary/aromatic N) is 3. The second kappa shape index (κ2) is 5.71. The molecule has 1 heterocycles. The number of ether oxygens (including phenoxy) is 1. The molecular weight excluding hydrogens is 206 g/mol. The third-order valence-corrected chi connectivity index (χ3v) is 2.11. The van der Waals surface area contributed by atoms with E-state index in [0.29, 0.717) is 24.3 Å². The number of anilines is 1. The summed E-state index contributed by atoms with van der Waals surface area (Å²) >= 11 is 0. The molecule has 1 aromatic rings. The molecule has 0 fully saturated rings. The number of hydrogen-bond donors (Lipinski definition) is 0. The summed E-state index contributed by atoms with van der Waals surface area (Å²) in [5, 5.41) is 8.50. The molecule has 0 aliphatic heterocycles. The third-order valence-electron chi connectivity index (χ3n) is 2.11. The smallest absolute Gasteiger partial charge is 0.341 e. The maximum absolute atomic E-state index is 11.5. The summed E-state index contributed by atoms with van der Waals surface area (Å²) < 4.78 is 4.66. The van der Waals surface area contributed by atoms with E-state index < -0.39 is 5.97 Å². The van der Waals surface area contributed by atoms with Crippen LogP contribution in [-0.4, -0.2) is 31.7 Å². The van der Waals surface area contributed by atoms with Gasteiger partial charge in [0.25, 0.3) is 0 Å². The van der Waals surface area contributed by atoms with E-state index in [1.54, 1.807) is 30.3 Å². The molecule has 0 unspecified atom stereocenters. The first-order valence-electron chi connectivity index (χ1n) is 4.82. The third kappa shape index (κ3) is 2.70. The van der Waals surface area contributed by atoms with Crippen molar-refractivity contribution in [2.24, 2.45) is 0 Å².